The van der Waals surface area contributed by atoms with E-state index < -0.39 is 10.0 Å². The van der Waals surface area contributed by atoms with Crippen LogP contribution in [0.2, 0.25) is 0 Å². The van der Waals surface area contributed by atoms with Crippen molar-refractivity contribution < 1.29 is 8.42 Å². The topological polar surface area (TPSA) is 63.4 Å². The Morgan fingerprint density at radius 1 is 1.26 bits per heavy atom. The Balaban J connectivity index is 2.52. The van der Waals surface area contributed by atoms with E-state index in [1.807, 2.05) is 19.9 Å². The Morgan fingerprint density at radius 2 is 1.89 bits per heavy atom. The molecule has 2 unspecified atom stereocenters. The molecule has 106 valence electrons. The van der Waals surface area contributed by atoms with Crippen molar-refractivity contribution in [2.75, 3.05) is 12.3 Å². The Bertz CT molecular complexity index is 596. The maximum absolute atomic E-state index is 12.8. The molecule has 19 heavy (non-hydrogen) atoms. The maximum Gasteiger partial charge on any atom is 0.243 e. The van der Waals surface area contributed by atoms with E-state index in [0.717, 1.165) is 12.0 Å². The van der Waals surface area contributed by atoms with Gasteiger partial charge in [0.25, 0.3) is 0 Å². The maximum atomic E-state index is 12.8. The Labute approximate surface area is 115 Å². The van der Waals surface area contributed by atoms with E-state index in [9.17, 15) is 8.42 Å². The molecular formula is C14H22N2O2S. The van der Waals surface area contributed by atoms with Crippen LogP contribution in [-0.2, 0) is 10.0 Å². The van der Waals surface area contributed by atoms with Gasteiger partial charge in [-0.15, -0.1) is 0 Å². The highest BCUT2D eigenvalue weighted by Crippen LogP contribution is 2.32. The average molecular weight is 282 g/mol. The molecule has 0 bridgehead atoms. The minimum atomic E-state index is -3.44. The number of rotatable bonds is 2. The summed E-state index contributed by atoms with van der Waals surface area (Å²) >= 11 is 0. The second-order valence-electron chi connectivity index (χ2n) is 5.74. The summed E-state index contributed by atoms with van der Waals surface area (Å²) in [6, 6.07) is 3.59. The largest absolute Gasteiger partial charge is 0.398 e. The van der Waals surface area contributed by atoms with Gasteiger partial charge >= 0.3 is 0 Å². The SMILES string of the molecule is Cc1cc(N)c(C)c(S(=O)(=O)N2CC(C)CC2C)c1. The summed E-state index contributed by atoms with van der Waals surface area (Å²) in [5, 5.41) is 0. The first-order chi connectivity index (χ1) is 8.73. The van der Waals surface area contributed by atoms with E-state index >= 15 is 0 Å². The molecule has 0 amide bonds. The molecule has 1 saturated heterocycles. The monoisotopic (exact) mass is 282 g/mol. The Kier molecular flexibility index (Phi) is 3.62. The van der Waals surface area contributed by atoms with Gasteiger partial charge in [-0.1, -0.05) is 6.92 Å². The minimum absolute atomic E-state index is 0.0566. The van der Waals surface area contributed by atoms with Crippen LogP contribution < -0.4 is 5.73 Å². The number of aryl methyl sites for hydroxylation is 1. The quantitative estimate of drug-likeness (QED) is 0.847. The molecule has 0 aromatic heterocycles. The first-order valence-corrected chi connectivity index (χ1v) is 8.06. The zero-order valence-electron chi connectivity index (χ0n) is 12.0. The van der Waals surface area contributed by atoms with Crippen molar-refractivity contribution in [3.63, 3.8) is 0 Å². The summed E-state index contributed by atoms with van der Waals surface area (Å²) in [6.45, 7) is 8.28. The highest BCUT2D eigenvalue weighted by molar-refractivity contribution is 7.89. The van der Waals surface area contributed by atoms with Crippen LogP contribution in [0, 0.1) is 19.8 Å². The lowest BCUT2D eigenvalue weighted by Gasteiger charge is -2.23. The molecule has 2 rings (SSSR count). The van der Waals surface area contributed by atoms with Crippen LogP contribution in [-0.4, -0.2) is 25.3 Å². The van der Waals surface area contributed by atoms with Gasteiger partial charge in [0.2, 0.25) is 10.0 Å². The minimum Gasteiger partial charge on any atom is -0.398 e. The zero-order chi connectivity index (χ0) is 14.4. The summed E-state index contributed by atoms with van der Waals surface area (Å²) < 4.78 is 27.2. The lowest BCUT2D eigenvalue weighted by molar-refractivity contribution is 0.405. The third-order valence-corrected chi connectivity index (χ3v) is 5.96. The van der Waals surface area contributed by atoms with Gasteiger partial charge in [-0.2, -0.15) is 4.31 Å². The van der Waals surface area contributed by atoms with Gasteiger partial charge in [-0.3, -0.25) is 0 Å². The van der Waals surface area contributed by atoms with Crippen molar-refractivity contribution in [3.8, 4) is 0 Å². The molecule has 1 aliphatic heterocycles. The van der Waals surface area contributed by atoms with Crippen LogP contribution in [0.1, 0.15) is 31.4 Å². The van der Waals surface area contributed by atoms with Gasteiger partial charge in [0, 0.05) is 18.3 Å². The second-order valence-corrected chi connectivity index (χ2v) is 7.60. The van der Waals surface area contributed by atoms with E-state index in [4.69, 9.17) is 5.73 Å². The summed E-state index contributed by atoms with van der Waals surface area (Å²) in [4.78, 5) is 0.353. The number of nitrogens with zero attached hydrogens (tertiary/aromatic N) is 1. The number of nitrogens with two attached hydrogens (primary N) is 1. The predicted octanol–water partition coefficient (Wildman–Crippen LogP) is 2.30. The first kappa shape index (κ1) is 14.3. The third-order valence-electron chi connectivity index (χ3n) is 3.86. The van der Waals surface area contributed by atoms with Gasteiger partial charge in [-0.25, -0.2) is 8.42 Å². The normalized spacial score (nSPS) is 24.8. The fraction of sp³-hybridized carbons (Fsp3) is 0.571. The third kappa shape index (κ3) is 2.49. The number of anilines is 1. The molecule has 0 spiro atoms. The highest BCUT2D eigenvalue weighted by Gasteiger charge is 2.37. The molecule has 2 atom stereocenters. The molecule has 1 aliphatic rings. The molecule has 1 heterocycles. The van der Waals surface area contributed by atoms with Crippen LogP contribution in [0.4, 0.5) is 5.69 Å². The number of benzene rings is 1. The van der Waals surface area contributed by atoms with E-state index in [-0.39, 0.29) is 6.04 Å². The van der Waals surface area contributed by atoms with Crippen molar-refractivity contribution >= 4 is 15.7 Å². The molecule has 0 radical (unpaired) electrons. The molecule has 1 aromatic rings. The van der Waals surface area contributed by atoms with Crippen LogP contribution in [0.3, 0.4) is 0 Å². The highest BCUT2D eigenvalue weighted by atomic mass is 32.2. The van der Waals surface area contributed by atoms with Crippen molar-refractivity contribution in [3.05, 3.63) is 23.3 Å². The average Bonchev–Trinajstić information content (AvgIpc) is 2.63. The second kappa shape index (κ2) is 4.80. The van der Waals surface area contributed by atoms with Crippen LogP contribution in [0.15, 0.2) is 17.0 Å². The van der Waals surface area contributed by atoms with Crippen LogP contribution in [0.25, 0.3) is 0 Å². The number of sulfonamides is 1. The van der Waals surface area contributed by atoms with Crippen molar-refractivity contribution in [2.45, 2.75) is 45.1 Å². The molecule has 1 fully saturated rings. The molecule has 5 heteroatoms. The number of hydrogen-bond donors (Lipinski definition) is 1. The van der Waals surface area contributed by atoms with E-state index in [1.54, 1.807) is 17.3 Å². The number of hydrogen-bond acceptors (Lipinski definition) is 3. The van der Waals surface area contributed by atoms with Gasteiger partial charge < -0.3 is 5.73 Å². The lowest BCUT2D eigenvalue weighted by Crippen LogP contribution is -2.34. The van der Waals surface area contributed by atoms with Gasteiger partial charge in [0.05, 0.1) is 4.90 Å². The molecule has 0 saturated carbocycles. The Morgan fingerprint density at radius 3 is 2.42 bits per heavy atom. The zero-order valence-corrected chi connectivity index (χ0v) is 12.8. The van der Waals surface area contributed by atoms with Crippen molar-refractivity contribution in [1.82, 2.24) is 4.31 Å². The van der Waals surface area contributed by atoms with E-state index in [2.05, 4.69) is 6.92 Å². The predicted molar refractivity (Wildman–Crippen MR) is 77.5 cm³/mol. The van der Waals surface area contributed by atoms with Crippen molar-refractivity contribution in [1.29, 1.82) is 0 Å². The molecule has 0 aliphatic carbocycles. The van der Waals surface area contributed by atoms with E-state index in [0.29, 0.717) is 28.6 Å². The first-order valence-electron chi connectivity index (χ1n) is 6.62. The van der Waals surface area contributed by atoms with Crippen LogP contribution in [0.5, 0.6) is 0 Å². The fourth-order valence-corrected chi connectivity index (χ4v) is 4.95. The van der Waals surface area contributed by atoms with Gasteiger partial charge in [0.1, 0.15) is 0 Å². The summed E-state index contributed by atoms with van der Waals surface area (Å²) in [5.41, 5.74) is 7.96. The number of nitrogen functional groups attached to an aromatic ring is 1. The smallest absolute Gasteiger partial charge is 0.243 e. The van der Waals surface area contributed by atoms with Gasteiger partial charge in [0.15, 0.2) is 0 Å². The lowest BCUT2D eigenvalue weighted by atomic mass is 10.1. The van der Waals surface area contributed by atoms with Crippen molar-refractivity contribution in [2.24, 2.45) is 5.92 Å². The Hall–Kier alpha value is -1.07. The summed E-state index contributed by atoms with van der Waals surface area (Å²) in [7, 11) is -3.44. The van der Waals surface area contributed by atoms with E-state index in [1.165, 1.54) is 0 Å². The summed E-state index contributed by atoms with van der Waals surface area (Å²) in [5.74, 6) is 0.409. The summed E-state index contributed by atoms with van der Waals surface area (Å²) in [6.07, 6.45) is 0.916. The molecule has 4 nitrogen and oxygen atoms in total. The molecule has 1 aromatic carbocycles. The van der Waals surface area contributed by atoms with Gasteiger partial charge in [-0.05, 0) is 56.4 Å². The standard InChI is InChI=1S/C14H22N2O2S/c1-9-6-13(15)12(4)14(7-9)19(17,18)16-8-10(2)5-11(16)3/h6-7,10-11H,5,8,15H2,1-4H3. The molecular weight excluding hydrogens is 260 g/mol. The fourth-order valence-electron chi connectivity index (χ4n) is 2.84. The molecule has 2 N–H and O–H groups in total. The van der Waals surface area contributed by atoms with Crippen LogP contribution >= 0.6 is 0 Å².